The number of aromatic nitrogens is 1. The summed E-state index contributed by atoms with van der Waals surface area (Å²) in [6, 6.07) is 9.56. The fourth-order valence-corrected chi connectivity index (χ4v) is 1.69. The Hall–Kier alpha value is -0.0236. The summed E-state index contributed by atoms with van der Waals surface area (Å²) in [6.45, 7) is 0. The maximum Gasteiger partial charge on any atom is 1.00 e. The van der Waals surface area contributed by atoms with E-state index in [-0.39, 0.29) is 69.5 Å². The van der Waals surface area contributed by atoms with Crippen LogP contribution in [0, 0.1) is 0 Å². The van der Waals surface area contributed by atoms with Gasteiger partial charge in [0.1, 0.15) is 4.32 Å². The van der Waals surface area contributed by atoms with Crippen molar-refractivity contribution < 1.29 is 57.6 Å². The van der Waals surface area contributed by atoms with Gasteiger partial charge in [-0.25, -0.2) is 0 Å². The van der Waals surface area contributed by atoms with E-state index in [0.717, 1.165) is 16.5 Å². The third-order valence-electron chi connectivity index (χ3n) is 2.34. The van der Waals surface area contributed by atoms with Gasteiger partial charge in [-0.15, -0.1) is 12.6 Å². The number of fused-ring (bicyclic) bond motifs is 1. The third kappa shape index (κ3) is 5.46. The molecule has 0 aliphatic carbocycles. The summed E-state index contributed by atoms with van der Waals surface area (Å²) in [6.07, 6.45) is 2.01. The first-order chi connectivity index (χ1) is 8.65. The first-order valence-corrected chi connectivity index (χ1v) is 6.12. The maximum absolute atomic E-state index is 11.6. The van der Waals surface area contributed by atoms with Gasteiger partial charge in [-0.2, -0.15) is 0 Å². The van der Waals surface area contributed by atoms with Crippen molar-refractivity contribution in [2.75, 3.05) is 0 Å². The monoisotopic (exact) mass is 317 g/mol. The molecule has 2 rings (SSSR count). The Kier molecular flexibility index (Phi) is 7.44. The number of nitrogens with zero attached hydrogens (tertiary/aromatic N) is 1. The first kappa shape index (κ1) is 17.0. The summed E-state index contributed by atoms with van der Waals surface area (Å²) in [7, 11) is 0. The van der Waals surface area contributed by atoms with Gasteiger partial charge < -0.3 is 1.43 Å². The van der Waals surface area contributed by atoms with Crippen LogP contribution in [0.15, 0.2) is 36.5 Å². The van der Waals surface area contributed by atoms with Crippen molar-refractivity contribution in [2.24, 2.45) is 0 Å². The number of hydrazine groups is 1. The van der Waals surface area contributed by atoms with Crippen LogP contribution < -0.4 is 62.2 Å². The normalized spacial score (nSPS) is 9.53. The molecule has 1 amide bonds. The Balaban J connectivity index is 0.00000180. The summed E-state index contributed by atoms with van der Waals surface area (Å²) in [5, 5.41) is 1.01. The van der Waals surface area contributed by atoms with Gasteiger partial charge in [0.15, 0.2) is 0 Å². The van der Waals surface area contributed by atoms with Crippen LogP contribution in [0.5, 0.6) is 0 Å². The van der Waals surface area contributed by atoms with E-state index in [1.165, 1.54) is 0 Å². The molecule has 0 bridgehead atoms. The molecule has 0 unspecified atom stereocenters. The van der Waals surface area contributed by atoms with Crippen LogP contribution in [0.3, 0.4) is 0 Å². The van der Waals surface area contributed by atoms with Crippen molar-refractivity contribution in [1.82, 2.24) is 15.8 Å². The molecule has 2 aromatic rings. The Morgan fingerprint density at radius 2 is 2.16 bits per heavy atom. The molecule has 0 fully saturated rings. The van der Waals surface area contributed by atoms with Crippen molar-refractivity contribution in [3.8, 4) is 0 Å². The quantitative estimate of drug-likeness (QED) is 0.280. The number of carbonyl (C=O) groups excluding carboxylic acids is 1. The van der Waals surface area contributed by atoms with Crippen LogP contribution in [0.1, 0.15) is 6.99 Å². The van der Waals surface area contributed by atoms with Gasteiger partial charge in [-0.05, 0) is 23.8 Å². The Bertz CT molecular complexity index is 612. The number of rotatable bonds is 2. The van der Waals surface area contributed by atoms with Crippen molar-refractivity contribution in [3.63, 3.8) is 0 Å². The molecule has 1 aromatic heterocycles. The number of thiol groups is 1. The second-order valence-corrected chi connectivity index (χ2v) is 4.84. The van der Waals surface area contributed by atoms with Gasteiger partial charge in [0.25, 0.3) is 0 Å². The summed E-state index contributed by atoms with van der Waals surface area (Å²) >= 11 is 8.52. The third-order valence-corrected chi connectivity index (χ3v) is 2.55. The molecule has 0 atom stereocenters. The number of pyridine rings is 1. The van der Waals surface area contributed by atoms with E-state index in [1.54, 1.807) is 6.20 Å². The number of carbonyl (C=O) groups is 1. The van der Waals surface area contributed by atoms with Crippen LogP contribution >= 0.6 is 24.8 Å². The van der Waals surface area contributed by atoms with Gasteiger partial charge in [0.05, 0.1) is 11.9 Å². The zero-order valence-corrected chi connectivity index (χ0v) is 15.2. The van der Waals surface area contributed by atoms with E-state index in [4.69, 9.17) is 0 Å². The van der Waals surface area contributed by atoms with E-state index in [0.29, 0.717) is 0 Å². The molecule has 0 aliphatic rings. The Labute approximate surface area is 166 Å². The molecule has 0 radical (unpaired) electrons. The largest absolute Gasteiger partial charge is 1.00 e. The van der Waals surface area contributed by atoms with Gasteiger partial charge in [-0.1, -0.05) is 24.4 Å². The molecule has 0 saturated heterocycles. The molecule has 0 spiro atoms. The van der Waals surface area contributed by atoms with E-state index in [2.05, 4.69) is 40.7 Å². The molecule has 0 saturated carbocycles. The van der Waals surface area contributed by atoms with Gasteiger partial charge in [0.2, 0.25) is 5.91 Å². The molecular formula is C12H12KN3OS2. The van der Waals surface area contributed by atoms with Crippen molar-refractivity contribution in [1.29, 1.82) is 0 Å². The van der Waals surface area contributed by atoms with E-state index >= 15 is 0 Å². The first-order valence-electron chi connectivity index (χ1n) is 5.26. The van der Waals surface area contributed by atoms with Gasteiger partial charge in [-0.3, -0.25) is 20.6 Å². The Morgan fingerprint density at radius 3 is 2.89 bits per heavy atom. The van der Waals surface area contributed by atoms with Crippen molar-refractivity contribution >= 4 is 46.0 Å². The standard InChI is InChI=1S/C12H11N3OS2.K.H/c16-11(14-15-12(17)18)7-8-3-4-10-9(6-8)2-1-5-13-10;;/h1-6H,7H2,(H,14,16)(H2,15,17,18);;/q;+1;-1. The van der Waals surface area contributed by atoms with E-state index in [1.807, 2.05) is 30.3 Å². The van der Waals surface area contributed by atoms with Crippen molar-refractivity contribution in [3.05, 3.63) is 42.1 Å². The number of hydrogen-bond donors (Lipinski definition) is 3. The second-order valence-electron chi connectivity index (χ2n) is 3.69. The molecular weight excluding hydrogens is 305 g/mol. The van der Waals surface area contributed by atoms with Crippen LogP contribution in [0.4, 0.5) is 0 Å². The van der Waals surface area contributed by atoms with Gasteiger partial charge >= 0.3 is 51.4 Å². The van der Waals surface area contributed by atoms with Crippen molar-refractivity contribution in [2.45, 2.75) is 6.42 Å². The zero-order chi connectivity index (χ0) is 13.0. The SMILES string of the molecule is O=C(Cc1ccc2ncccc2c1)NNC(=S)S.[H-].[K+]. The summed E-state index contributed by atoms with van der Waals surface area (Å²) < 4.78 is 0.228. The molecule has 4 nitrogen and oxygen atoms in total. The maximum atomic E-state index is 11.6. The average molecular weight is 317 g/mol. The Morgan fingerprint density at radius 1 is 1.37 bits per heavy atom. The predicted molar refractivity (Wildman–Crippen MR) is 79.4 cm³/mol. The second kappa shape index (κ2) is 8.30. The predicted octanol–water partition coefficient (Wildman–Crippen LogP) is -1.27. The minimum atomic E-state index is -0.172. The number of amides is 1. The molecule has 1 aromatic carbocycles. The van der Waals surface area contributed by atoms with Crippen LogP contribution in [0.25, 0.3) is 10.9 Å². The summed E-state index contributed by atoms with van der Waals surface area (Å²) in [4.78, 5) is 15.8. The minimum absolute atomic E-state index is 0. The number of hydrogen-bond acceptors (Lipinski definition) is 3. The molecule has 7 heteroatoms. The molecule has 94 valence electrons. The van der Waals surface area contributed by atoms with E-state index in [9.17, 15) is 4.79 Å². The average Bonchev–Trinajstić information content (AvgIpc) is 2.36. The van der Waals surface area contributed by atoms with Crippen LogP contribution in [-0.2, 0) is 11.2 Å². The molecule has 2 N–H and O–H groups in total. The summed E-state index contributed by atoms with van der Waals surface area (Å²) in [5.41, 5.74) is 6.77. The van der Waals surface area contributed by atoms with Crippen LogP contribution in [-0.4, -0.2) is 15.2 Å². The zero-order valence-electron chi connectivity index (χ0n) is 11.4. The number of nitrogens with one attached hydrogen (secondary N) is 2. The van der Waals surface area contributed by atoms with Gasteiger partial charge in [0, 0.05) is 11.6 Å². The van der Waals surface area contributed by atoms with E-state index < -0.39 is 0 Å². The number of benzene rings is 1. The summed E-state index contributed by atoms with van der Waals surface area (Å²) in [5.74, 6) is -0.172. The minimum Gasteiger partial charge on any atom is -1.00 e. The number of thiocarbonyl (C=S) groups is 1. The fourth-order valence-electron chi connectivity index (χ4n) is 1.59. The molecule has 19 heavy (non-hydrogen) atoms. The molecule has 1 heterocycles. The topological polar surface area (TPSA) is 54.0 Å². The smallest absolute Gasteiger partial charge is 1.00 e. The van der Waals surface area contributed by atoms with Crippen LogP contribution in [0.2, 0.25) is 0 Å². The fraction of sp³-hybridized carbons (Fsp3) is 0.0833. The molecule has 0 aliphatic heterocycles.